The number of hydrogen-bond acceptors (Lipinski definition) is 2. The lowest BCUT2D eigenvalue weighted by molar-refractivity contribution is 0.299. The number of nitrogens with zero attached hydrogens (tertiary/aromatic N) is 2. The number of hydrogen-bond donors (Lipinski definition) is 0. The molecule has 0 unspecified atom stereocenters. The van der Waals surface area contributed by atoms with Crippen molar-refractivity contribution in [2.75, 3.05) is 13.6 Å². The summed E-state index contributed by atoms with van der Waals surface area (Å²) < 4.78 is 0. The zero-order valence-corrected chi connectivity index (χ0v) is 6.01. The third-order valence-electron chi connectivity index (χ3n) is 2.00. The van der Waals surface area contributed by atoms with Gasteiger partial charge in [-0.3, -0.25) is 0 Å². The van der Waals surface area contributed by atoms with Crippen molar-refractivity contribution in [1.82, 2.24) is 0 Å². The van der Waals surface area contributed by atoms with Crippen molar-refractivity contribution in [3.05, 3.63) is 0 Å². The molecule has 1 aliphatic rings. The number of azo groups is 1. The fourth-order valence-electron chi connectivity index (χ4n) is 1.12. The molecule has 52 valence electrons. The Kier molecular flexibility index (Phi) is 2.68. The average molecular weight is 126 g/mol. The van der Waals surface area contributed by atoms with E-state index < -0.39 is 0 Å². The standard InChI is InChI=1S/C7H14N2/c1-8-9-6-5-7-3-2-4-7/h7H,2-6H2,1H3. The molecule has 2 nitrogen and oxygen atoms in total. The van der Waals surface area contributed by atoms with Crippen molar-refractivity contribution in [1.29, 1.82) is 0 Å². The van der Waals surface area contributed by atoms with Gasteiger partial charge in [-0.2, -0.15) is 10.2 Å². The van der Waals surface area contributed by atoms with E-state index in [0.717, 1.165) is 12.5 Å². The van der Waals surface area contributed by atoms with Crippen LogP contribution in [0.1, 0.15) is 25.7 Å². The van der Waals surface area contributed by atoms with Crippen LogP contribution in [0.5, 0.6) is 0 Å². The summed E-state index contributed by atoms with van der Waals surface area (Å²) in [6.07, 6.45) is 5.56. The first kappa shape index (κ1) is 6.72. The lowest BCUT2D eigenvalue weighted by atomic mass is 9.83. The molecule has 0 aromatic heterocycles. The molecule has 0 aromatic rings. The second-order valence-electron chi connectivity index (χ2n) is 2.65. The van der Waals surface area contributed by atoms with Crippen LogP contribution in [-0.4, -0.2) is 13.6 Å². The van der Waals surface area contributed by atoms with Crippen LogP contribution >= 0.6 is 0 Å². The van der Waals surface area contributed by atoms with Crippen molar-refractivity contribution >= 4 is 0 Å². The maximum atomic E-state index is 3.92. The zero-order valence-electron chi connectivity index (χ0n) is 6.01. The molecule has 0 atom stereocenters. The molecule has 0 saturated heterocycles. The van der Waals surface area contributed by atoms with Gasteiger partial charge < -0.3 is 0 Å². The molecular formula is C7H14N2. The van der Waals surface area contributed by atoms with Crippen LogP contribution in [0.3, 0.4) is 0 Å². The minimum absolute atomic E-state index is 0.946. The van der Waals surface area contributed by atoms with E-state index in [1.54, 1.807) is 7.05 Å². The van der Waals surface area contributed by atoms with Crippen LogP contribution < -0.4 is 0 Å². The highest BCUT2D eigenvalue weighted by molar-refractivity contribution is 4.69. The highest BCUT2D eigenvalue weighted by Gasteiger charge is 2.15. The summed E-state index contributed by atoms with van der Waals surface area (Å²) in [6.45, 7) is 0.946. The summed E-state index contributed by atoms with van der Waals surface area (Å²) in [7, 11) is 1.74. The summed E-state index contributed by atoms with van der Waals surface area (Å²) in [5.74, 6) is 0.982. The monoisotopic (exact) mass is 126 g/mol. The Bertz CT molecular complexity index is 95.1. The van der Waals surface area contributed by atoms with Crippen molar-refractivity contribution in [3.63, 3.8) is 0 Å². The highest BCUT2D eigenvalue weighted by atomic mass is 15.1. The van der Waals surface area contributed by atoms with Crippen LogP contribution in [0, 0.1) is 5.92 Å². The van der Waals surface area contributed by atoms with Gasteiger partial charge in [-0.25, -0.2) is 0 Å². The molecule has 0 aliphatic heterocycles. The molecule has 2 heteroatoms. The molecule has 0 bridgehead atoms. The molecule has 0 radical (unpaired) electrons. The summed E-state index contributed by atoms with van der Waals surface area (Å²) in [5, 5.41) is 7.61. The molecule has 0 heterocycles. The summed E-state index contributed by atoms with van der Waals surface area (Å²) in [5.41, 5.74) is 0. The van der Waals surface area contributed by atoms with Gasteiger partial charge in [-0.15, -0.1) is 0 Å². The maximum Gasteiger partial charge on any atom is 0.0601 e. The van der Waals surface area contributed by atoms with Gasteiger partial charge in [-0.05, 0) is 12.3 Å². The Morgan fingerprint density at radius 3 is 2.67 bits per heavy atom. The Labute approximate surface area is 56.4 Å². The Hall–Kier alpha value is -0.400. The van der Waals surface area contributed by atoms with Crippen LogP contribution in [-0.2, 0) is 0 Å². The second-order valence-corrected chi connectivity index (χ2v) is 2.65. The van der Waals surface area contributed by atoms with Gasteiger partial charge in [0, 0.05) is 7.05 Å². The fraction of sp³-hybridized carbons (Fsp3) is 1.00. The third kappa shape index (κ3) is 2.12. The quantitative estimate of drug-likeness (QED) is 0.518. The lowest BCUT2D eigenvalue weighted by Crippen LogP contribution is -2.11. The molecule has 1 aliphatic carbocycles. The molecule has 0 amide bonds. The Morgan fingerprint density at radius 1 is 1.44 bits per heavy atom. The predicted octanol–water partition coefficient (Wildman–Crippen LogP) is 2.26. The molecule has 0 N–H and O–H groups in total. The van der Waals surface area contributed by atoms with Crippen molar-refractivity contribution in [2.24, 2.45) is 16.1 Å². The molecule has 1 rings (SSSR count). The van der Waals surface area contributed by atoms with Crippen molar-refractivity contribution in [3.8, 4) is 0 Å². The Morgan fingerprint density at radius 2 is 2.22 bits per heavy atom. The van der Waals surface area contributed by atoms with Gasteiger partial charge in [0.25, 0.3) is 0 Å². The third-order valence-corrected chi connectivity index (χ3v) is 2.00. The van der Waals surface area contributed by atoms with Crippen LogP contribution in [0.2, 0.25) is 0 Å². The zero-order chi connectivity index (χ0) is 6.53. The van der Waals surface area contributed by atoms with E-state index in [1.165, 1.54) is 25.7 Å². The highest BCUT2D eigenvalue weighted by Crippen LogP contribution is 2.28. The van der Waals surface area contributed by atoms with E-state index in [1.807, 2.05) is 0 Å². The van der Waals surface area contributed by atoms with Gasteiger partial charge in [0.2, 0.25) is 0 Å². The minimum atomic E-state index is 0.946. The lowest BCUT2D eigenvalue weighted by Gasteiger charge is -2.23. The first-order valence-electron chi connectivity index (χ1n) is 3.69. The topological polar surface area (TPSA) is 24.7 Å². The summed E-state index contributed by atoms with van der Waals surface area (Å²) in [6, 6.07) is 0. The molecular weight excluding hydrogens is 112 g/mol. The molecule has 1 saturated carbocycles. The smallest absolute Gasteiger partial charge is 0.0601 e. The van der Waals surface area contributed by atoms with Gasteiger partial charge in [0.1, 0.15) is 0 Å². The van der Waals surface area contributed by atoms with Gasteiger partial charge in [-0.1, -0.05) is 19.3 Å². The molecule has 9 heavy (non-hydrogen) atoms. The Balaban J connectivity index is 1.91. The van der Waals surface area contributed by atoms with Crippen LogP contribution in [0.15, 0.2) is 10.2 Å². The normalized spacial score (nSPS) is 20.6. The van der Waals surface area contributed by atoms with Crippen molar-refractivity contribution < 1.29 is 0 Å². The van der Waals surface area contributed by atoms with Crippen molar-refractivity contribution in [2.45, 2.75) is 25.7 Å². The SMILES string of the molecule is CN=NCCC1CCC1. The number of rotatable bonds is 3. The van der Waals surface area contributed by atoms with Gasteiger partial charge >= 0.3 is 0 Å². The first-order valence-corrected chi connectivity index (χ1v) is 3.69. The van der Waals surface area contributed by atoms with Crippen LogP contribution in [0.25, 0.3) is 0 Å². The van der Waals surface area contributed by atoms with E-state index in [-0.39, 0.29) is 0 Å². The van der Waals surface area contributed by atoms with E-state index in [2.05, 4.69) is 10.2 Å². The largest absolute Gasteiger partial charge is 0.198 e. The first-order chi connectivity index (χ1) is 4.43. The van der Waals surface area contributed by atoms with E-state index in [0.29, 0.717) is 0 Å². The fourth-order valence-corrected chi connectivity index (χ4v) is 1.12. The maximum absolute atomic E-state index is 3.92. The predicted molar refractivity (Wildman–Crippen MR) is 37.6 cm³/mol. The summed E-state index contributed by atoms with van der Waals surface area (Å²) >= 11 is 0. The van der Waals surface area contributed by atoms with Crippen LogP contribution in [0.4, 0.5) is 0 Å². The summed E-state index contributed by atoms with van der Waals surface area (Å²) in [4.78, 5) is 0. The van der Waals surface area contributed by atoms with E-state index in [4.69, 9.17) is 0 Å². The average Bonchev–Trinajstić information content (AvgIpc) is 1.76. The molecule has 1 fully saturated rings. The minimum Gasteiger partial charge on any atom is -0.198 e. The molecule has 0 aromatic carbocycles. The van der Waals surface area contributed by atoms with Gasteiger partial charge in [0.15, 0.2) is 0 Å². The van der Waals surface area contributed by atoms with Gasteiger partial charge in [0.05, 0.1) is 6.54 Å². The second kappa shape index (κ2) is 3.59. The molecule has 0 spiro atoms. The van der Waals surface area contributed by atoms with E-state index >= 15 is 0 Å². The van der Waals surface area contributed by atoms with E-state index in [9.17, 15) is 0 Å².